The molecule has 0 bridgehead atoms. The molecule has 0 spiro atoms. The predicted molar refractivity (Wildman–Crippen MR) is 60.3 cm³/mol. The highest BCUT2D eigenvalue weighted by molar-refractivity contribution is 6.18. The number of carbonyl (C=O) groups excluding carboxylic acids is 1. The summed E-state index contributed by atoms with van der Waals surface area (Å²) in [5.74, 6) is 0.539. The van der Waals surface area contributed by atoms with Crippen molar-refractivity contribution in [3.63, 3.8) is 0 Å². The Labute approximate surface area is 94.8 Å². The molecule has 0 saturated heterocycles. The van der Waals surface area contributed by atoms with E-state index in [2.05, 4.69) is 5.32 Å². The van der Waals surface area contributed by atoms with Crippen molar-refractivity contribution in [3.8, 4) is 0 Å². The first-order valence-electron chi connectivity index (χ1n) is 4.95. The predicted octanol–water partition coefficient (Wildman–Crippen LogP) is 2.73. The molecule has 1 rings (SSSR count). The monoisotopic (exact) mass is 229 g/mol. The first-order chi connectivity index (χ1) is 7.02. The molecular weight excluding hydrogens is 214 g/mol. The Morgan fingerprint density at radius 1 is 1.67 bits per heavy atom. The van der Waals surface area contributed by atoms with E-state index < -0.39 is 0 Å². The van der Waals surface area contributed by atoms with Crippen LogP contribution in [0.25, 0.3) is 0 Å². The van der Waals surface area contributed by atoms with Gasteiger partial charge < -0.3 is 9.73 Å². The van der Waals surface area contributed by atoms with Crippen molar-refractivity contribution >= 4 is 17.5 Å². The minimum atomic E-state index is -0.377. The number of nitrogens with one attached hydrogen (secondary N) is 1. The van der Waals surface area contributed by atoms with E-state index in [1.54, 1.807) is 6.07 Å². The average Bonchev–Trinajstić information content (AvgIpc) is 2.64. The molecule has 1 amide bonds. The molecule has 0 saturated carbocycles. The van der Waals surface area contributed by atoms with Crippen LogP contribution in [-0.2, 0) is 0 Å². The van der Waals surface area contributed by atoms with Gasteiger partial charge in [0.15, 0.2) is 5.76 Å². The van der Waals surface area contributed by atoms with Crippen LogP contribution in [0, 0.1) is 6.92 Å². The molecule has 0 aromatic carbocycles. The molecule has 0 aliphatic carbocycles. The van der Waals surface area contributed by atoms with Crippen LogP contribution < -0.4 is 5.32 Å². The Bertz CT molecular complexity index is 342. The average molecular weight is 230 g/mol. The standard InChI is InChI=1S/C11H16ClNO2/c1-4-11(3,7-12)13-10(14)9-8(2)5-6-15-9/h5-6H,4,7H2,1-3H3,(H,13,14). The summed E-state index contributed by atoms with van der Waals surface area (Å²) in [5.41, 5.74) is 0.457. The van der Waals surface area contributed by atoms with Crippen LogP contribution in [0.2, 0.25) is 0 Å². The van der Waals surface area contributed by atoms with E-state index in [9.17, 15) is 4.79 Å². The maximum absolute atomic E-state index is 11.8. The summed E-state index contributed by atoms with van der Waals surface area (Å²) >= 11 is 5.81. The van der Waals surface area contributed by atoms with Crippen LogP contribution in [0.5, 0.6) is 0 Å². The Balaban J connectivity index is 2.76. The highest BCUT2D eigenvalue weighted by atomic mass is 35.5. The molecule has 1 N–H and O–H groups in total. The van der Waals surface area contributed by atoms with Crippen molar-refractivity contribution < 1.29 is 9.21 Å². The molecule has 84 valence electrons. The van der Waals surface area contributed by atoms with Crippen molar-refractivity contribution in [2.75, 3.05) is 5.88 Å². The van der Waals surface area contributed by atoms with Crippen molar-refractivity contribution in [3.05, 3.63) is 23.7 Å². The normalized spacial score (nSPS) is 14.7. The fraction of sp³-hybridized carbons (Fsp3) is 0.545. The SMILES string of the molecule is CCC(C)(CCl)NC(=O)c1occc1C. The highest BCUT2D eigenvalue weighted by Gasteiger charge is 2.25. The zero-order valence-corrected chi connectivity index (χ0v) is 10.0. The highest BCUT2D eigenvalue weighted by Crippen LogP contribution is 2.14. The molecule has 0 aliphatic heterocycles. The zero-order valence-electron chi connectivity index (χ0n) is 9.26. The molecule has 0 radical (unpaired) electrons. The van der Waals surface area contributed by atoms with Crippen LogP contribution in [0.4, 0.5) is 0 Å². The van der Waals surface area contributed by atoms with Crippen molar-refractivity contribution in [1.82, 2.24) is 5.32 Å². The van der Waals surface area contributed by atoms with Gasteiger partial charge in [0.2, 0.25) is 0 Å². The maximum Gasteiger partial charge on any atom is 0.287 e. The maximum atomic E-state index is 11.8. The van der Waals surface area contributed by atoms with Crippen LogP contribution in [0.15, 0.2) is 16.7 Å². The lowest BCUT2D eigenvalue weighted by atomic mass is 10.0. The first kappa shape index (κ1) is 12.1. The number of furan rings is 1. The molecule has 3 nitrogen and oxygen atoms in total. The summed E-state index contributed by atoms with van der Waals surface area (Å²) in [6.07, 6.45) is 2.29. The third-order valence-electron chi connectivity index (χ3n) is 2.56. The Hall–Kier alpha value is -0.960. The van der Waals surface area contributed by atoms with E-state index in [0.29, 0.717) is 11.6 Å². The lowest BCUT2D eigenvalue weighted by Crippen LogP contribution is -2.47. The Morgan fingerprint density at radius 2 is 2.33 bits per heavy atom. The van der Waals surface area contributed by atoms with Crippen LogP contribution in [0.1, 0.15) is 36.4 Å². The van der Waals surface area contributed by atoms with Crippen LogP contribution in [-0.4, -0.2) is 17.3 Å². The lowest BCUT2D eigenvalue weighted by molar-refractivity contribution is 0.0883. The molecule has 1 atom stereocenters. The summed E-state index contributed by atoms with van der Waals surface area (Å²) in [7, 11) is 0. The molecule has 0 fully saturated rings. The van der Waals surface area contributed by atoms with E-state index in [-0.39, 0.29) is 11.4 Å². The number of halogens is 1. The molecule has 4 heteroatoms. The minimum absolute atomic E-state index is 0.206. The van der Waals surface area contributed by atoms with E-state index >= 15 is 0 Å². The molecule has 1 heterocycles. The van der Waals surface area contributed by atoms with Gasteiger partial charge in [0.25, 0.3) is 5.91 Å². The second-order valence-electron chi connectivity index (χ2n) is 3.93. The summed E-state index contributed by atoms with van der Waals surface area (Å²) in [5, 5.41) is 2.87. The van der Waals surface area contributed by atoms with Gasteiger partial charge in [-0.1, -0.05) is 6.92 Å². The van der Waals surface area contributed by atoms with Gasteiger partial charge in [0.05, 0.1) is 11.8 Å². The Kier molecular flexibility index (Phi) is 3.80. The van der Waals surface area contributed by atoms with E-state index in [1.165, 1.54) is 6.26 Å². The molecule has 1 aromatic rings. The summed E-state index contributed by atoms with van der Waals surface area (Å²) < 4.78 is 5.11. The second kappa shape index (κ2) is 4.71. The van der Waals surface area contributed by atoms with Crippen LogP contribution in [0.3, 0.4) is 0 Å². The molecular formula is C11H16ClNO2. The summed E-state index contributed by atoms with van der Waals surface area (Å²) in [6, 6.07) is 1.76. The fourth-order valence-corrected chi connectivity index (χ4v) is 1.41. The summed E-state index contributed by atoms with van der Waals surface area (Å²) in [4.78, 5) is 11.8. The van der Waals surface area contributed by atoms with Crippen molar-refractivity contribution in [1.29, 1.82) is 0 Å². The number of rotatable bonds is 4. The van der Waals surface area contributed by atoms with Crippen molar-refractivity contribution in [2.45, 2.75) is 32.7 Å². The number of hydrogen-bond donors (Lipinski definition) is 1. The fourth-order valence-electron chi connectivity index (χ4n) is 1.15. The molecule has 1 aromatic heterocycles. The van der Waals surface area contributed by atoms with E-state index in [4.69, 9.17) is 16.0 Å². The third-order valence-corrected chi connectivity index (χ3v) is 3.15. The first-order valence-corrected chi connectivity index (χ1v) is 5.48. The number of alkyl halides is 1. The quantitative estimate of drug-likeness (QED) is 0.807. The van der Waals surface area contributed by atoms with Gasteiger partial charge in [0, 0.05) is 11.4 Å². The number of aryl methyl sites for hydroxylation is 1. The second-order valence-corrected chi connectivity index (χ2v) is 4.20. The zero-order chi connectivity index (χ0) is 11.5. The largest absolute Gasteiger partial charge is 0.459 e. The number of carbonyl (C=O) groups is 1. The van der Waals surface area contributed by atoms with Crippen molar-refractivity contribution in [2.24, 2.45) is 0 Å². The van der Waals surface area contributed by atoms with Gasteiger partial charge in [-0.2, -0.15) is 0 Å². The van der Waals surface area contributed by atoms with Gasteiger partial charge >= 0.3 is 0 Å². The topological polar surface area (TPSA) is 42.2 Å². The van der Waals surface area contributed by atoms with E-state index in [1.807, 2.05) is 20.8 Å². The van der Waals surface area contributed by atoms with Crippen LogP contribution >= 0.6 is 11.6 Å². The van der Waals surface area contributed by atoms with Gasteiger partial charge in [-0.05, 0) is 26.3 Å². The third kappa shape index (κ3) is 2.75. The summed E-state index contributed by atoms with van der Waals surface area (Å²) in [6.45, 7) is 5.73. The smallest absolute Gasteiger partial charge is 0.287 e. The van der Waals surface area contributed by atoms with Gasteiger partial charge in [0.1, 0.15) is 0 Å². The number of hydrogen-bond acceptors (Lipinski definition) is 2. The minimum Gasteiger partial charge on any atom is -0.459 e. The lowest BCUT2D eigenvalue weighted by Gasteiger charge is -2.26. The van der Waals surface area contributed by atoms with E-state index in [0.717, 1.165) is 12.0 Å². The Morgan fingerprint density at radius 3 is 2.73 bits per heavy atom. The number of amides is 1. The van der Waals surface area contributed by atoms with Gasteiger partial charge in [-0.25, -0.2) is 0 Å². The molecule has 0 aliphatic rings. The van der Waals surface area contributed by atoms with Gasteiger partial charge in [-0.15, -0.1) is 11.6 Å². The van der Waals surface area contributed by atoms with Gasteiger partial charge in [-0.3, -0.25) is 4.79 Å². The molecule has 15 heavy (non-hydrogen) atoms. The molecule has 1 unspecified atom stereocenters.